The lowest BCUT2D eigenvalue weighted by Gasteiger charge is -2.10. The van der Waals surface area contributed by atoms with Gasteiger partial charge in [0.1, 0.15) is 6.54 Å². The molecule has 0 amide bonds. The highest BCUT2D eigenvalue weighted by atomic mass is 79.9. The fraction of sp³-hybridized carbons (Fsp3) is 0.222. The van der Waals surface area contributed by atoms with E-state index < -0.39 is 12.7 Å². The van der Waals surface area contributed by atoms with Gasteiger partial charge in [0.25, 0.3) is 0 Å². The molecular weight excluding hydrogens is 273 g/mol. The molecule has 0 bridgehead atoms. The summed E-state index contributed by atoms with van der Waals surface area (Å²) in [4.78, 5) is 0. The molecule has 0 spiro atoms. The van der Waals surface area contributed by atoms with Crippen LogP contribution in [0.1, 0.15) is 5.56 Å². The maximum atomic E-state index is 11.9. The van der Waals surface area contributed by atoms with Crippen molar-refractivity contribution in [3.05, 3.63) is 28.2 Å². The lowest BCUT2D eigenvalue weighted by molar-refractivity contribution is -0.115. The number of halogens is 4. The summed E-state index contributed by atoms with van der Waals surface area (Å²) in [6, 6.07) is 6.22. The van der Waals surface area contributed by atoms with E-state index in [2.05, 4.69) is 21.2 Å². The van der Waals surface area contributed by atoms with Crippen molar-refractivity contribution in [1.29, 1.82) is 5.26 Å². The van der Waals surface area contributed by atoms with E-state index in [1.807, 2.05) is 6.07 Å². The van der Waals surface area contributed by atoms with Crippen LogP contribution in [-0.4, -0.2) is 12.7 Å². The Morgan fingerprint density at radius 1 is 1.40 bits per heavy atom. The Hall–Kier alpha value is -1.22. The van der Waals surface area contributed by atoms with E-state index in [9.17, 15) is 13.2 Å². The van der Waals surface area contributed by atoms with Gasteiger partial charge < -0.3 is 5.32 Å². The van der Waals surface area contributed by atoms with Gasteiger partial charge in [-0.15, -0.1) is 0 Å². The number of alkyl halides is 3. The molecular formula is C9H6BrF3N2. The Balaban J connectivity index is 2.76. The molecule has 0 aliphatic carbocycles. The Morgan fingerprint density at radius 2 is 2.07 bits per heavy atom. The van der Waals surface area contributed by atoms with Gasteiger partial charge >= 0.3 is 6.18 Å². The molecule has 0 aromatic heterocycles. The first-order valence-electron chi connectivity index (χ1n) is 3.92. The maximum Gasteiger partial charge on any atom is 0.405 e. The van der Waals surface area contributed by atoms with Gasteiger partial charge in [-0.05, 0) is 34.1 Å². The van der Waals surface area contributed by atoms with E-state index in [-0.39, 0.29) is 0 Å². The quantitative estimate of drug-likeness (QED) is 0.901. The third-order valence-corrected chi connectivity index (χ3v) is 2.23. The SMILES string of the molecule is N#Cc1ccc(NCC(F)(F)F)c(Br)c1. The number of nitrogens with one attached hydrogen (secondary N) is 1. The van der Waals surface area contributed by atoms with Gasteiger partial charge in [0.2, 0.25) is 0 Å². The van der Waals surface area contributed by atoms with Crippen LogP contribution in [-0.2, 0) is 0 Å². The fourth-order valence-corrected chi connectivity index (χ4v) is 1.44. The van der Waals surface area contributed by atoms with Crippen molar-refractivity contribution in [2.45, 2.75) is 6.18 Å². The second-order valence-corrected chi connectivity index (χ2v) is 3.63. The van der Waals surface area contributed by atoms with Crippen molar-refractivity contribution in [3.63, 3.8) is 0 Å². The van der Waals surface area contributed by atoms with Crippen LogP contribution in [0.25, 0.3) is 0 Å². The van der Waals surface area contributed by atoms with Gasteiger partial charge in [-0.1, -0.05) is 0 Å². The predicted molar refractivity (Wildman–Crippen MR) is 53.4 cm³/mol. The molecule has 0 aliphatic heterocycles. The highest BCUT2D eigenvalue weighted by Crippen LogP contribution is 2.25. The first kappa shape index (κ1) is 11.9. The molecule has 15 heavy (non-hydrogen) atoms. The molecule has 1 aromatic carbocycles. The Kier molecular flexibility index (Phi) is 3.58. The summed E-state index contributed by atoms with van der Waals surface area (Å²) >= 11 is 3.07. The molecule has 2 nitrogen and oxygen atoms in total. The number of nitrogens with zero attached hydrogens (tertiary/aromatic N) is 1. The number of nitriles is 1. The molecule has 0 unspecified atom stereocenters. The van der Waals surface area contributed by atoms with Crippen LogP contribution in [0.2, 0.25) is 0 Å². The minimum Gasteiger partial charge on any atom is -0.376 e. The lowest BCUT2D eigenvalue weighted by atomic mass is 10.2. The Morgan fingerprint density at radius 3 is 2.53 bits per heavy atom. The van der Waals surface area contributed by atoms with Crippen LogP contribution in [0.3, 0.4) is 0 Å². The van der Waals surface area contributed by atoms with Crippen LogP contribution >= 0.6 is 15.9 Å². The number of anilines is 1. The second kappa shape index (κ2) is 4.53. The predicted octanol–water partition coefficient (Wildman–Crippen LogP) is 3.29. The van der Waals surface area contributed by atoms with Crippen molar-refractivity contribution in [2.75, 3.05) is 11.9 Å². The van der Waals surface area contributed by atoms with Gasteiger partial charge in [-0.2, -0.15) is 18.4 Å². The minimum absolute atomic E-state index is 0.311. The average molecular weight is 279 g/mol. The van der Waals surface area contributed by atoms with E-state index in [1.54, 1.807) is 0 Å². The van der Waals surface area contributed by atoms with Gasteiger partial charge in [-0.25, -0.2) is 0 Å². The fourth-order valence-electron chi connectivity index (χ4n) is 0.923. The molecule has 1 N–H and O–H groups in total. The highest BCUT2D eigenvalue weighted by molar-refractivity contribution is 9.10. The summed E-state index contributed by atoms with van der Waals surface area (Å²) in [6.07, 6.45) is -4.26. The standard InChI is InChI=1S/C9H6BrF3N2/c10-7-3-6(4-14)1-2-8(7)15-5-9(11,12)13/h1-3,15H,5H2. The number of benzene rings is 1. The molecule has 0 saturated heterocycles. The van der Waals surface area contributed by atoms with Gasteiger partial charge in [0.05, 0.1) is 11.6 Å². The molecule has 1 aromatic rings. The van der Waals surface area contributed by atoms with E-state index >= 15 is 0 Å². The minimum atomic E-state index is -4.26. The summed E-state index contributed by atoms with van der Waals surface area (Å²) < 4.78 is 36.1. The third-order valence-electron chi connectivity index (χ3n) is 1.58. The Bertz CT molecular complexity index is 395. The number of hydrogen-bond donors (Lipinski definition) is 1. The molecule has 0 heterocycles. The number of rotatable bonds is 2. The summed E-state index contributed by atoms with van der Waals surface area (Å²) in [5.74, 6) is 0. The molecule has 0 atom stereocenters. The van der Waals surface area contributed by atoms with E-state index in [1.165, 1.54) is 18.2 Å². The topological polar surface area (TPSA) is 35.8 Å². The van der Waals surface area contributed by atoms with E-state index in [0.717, 1.165) is 0 Å². The van der Waals surface area contributed by atoms with Crippen molar-refractivity contribution in [3.8, 4) is 6.07 Å². The first-order chi connectivity index (χ1) is 6.92. The van der Waals surface area contributed by atoms with Crippen molar-refractivity contribution < 1.29 is 13.2 Å². The van der Waals surface area contributed by atoms with Crippen LogP contribution < -0.4 is 5.32 Å². The summed E-state index contributed by atoms with van der Waals surface area (Å²) in [5, 5.41) is 10.8. The van der Waals surface area contributed by atoms with Crippen LogP contribution in [0.5, 0.6) is 0 Å². The van der Waals surface area contributed by atoms with Crippen LogP contribution in [0.15, 0.2) is 22.7 Å². The van der Waals surface area contributed by atoms with Gasteiger partial charge in [-0.3, -0.25) is 0 Å². The number of hydrogen-bond acceptors (Lipinski definition) is 2. The zero-order chi connectivity index (χ0) is 11.5. The smallest absolute Gasteiger partial charge is 0.376 e. The Labute approximate surface area is 92.8 Å². The molecule has 6 heteroatoms. The molecule has 80 valence electrons. The zero-order valence-corrected chi connectivity index (χ0v) is 8.98. The molecule has 0 aliphatic rings. The van der Waals surface area contributed by atoms with Crippen LogP contribution in [0.4, 0.5) is 18.9 Å². The lowest BCUT2D eigenvalue weighted by Crippen LogP contribution is -2.21. The molecule has 0 saturated carbocycles. The summed E-state index contributed by atoms with van der Waals surface area (Å²) in [5.41, 5.74) is 0.700. The molecule has 0 radical (unpaired) electrons. The van der Waals surface area contributed by atoms with Crippen molar-refractivity contribution in [1.82, 2.24) is 0 Å². The average Bonchev–Trinajstić information content (AvgIpc) is 2.14. The molecule has 0 fully saturated rings. The normalized spacial score (nSPS) is 10.9. The van der Waals surface area contributed by atoms with E-state index in [0.29, 0.717) is 15.7 Å². The summed E-state index contributed by atoms with van der Waals surface area (Å²) in [6.45, 7) is -1.10. The molecule has 1 rings (SSSR count). The van der Waals surface area contributed by atoms with Gasteiger partial charge in [0, 0.05) is 10.2 Å². The third kappa shape index (κ3) is 3.80. The first-order valence-corrected chi connectivity index (χ1v) is 4.72. The van der Waals surface area contributed by atoms with Crippen LogP contribution in [0, 0.1) is 11.3 Å². The van der Waals surface area contributed by atoms with Crippen molar-refractivity contribution in [2.24, 2.45) is 0 Å². The maximum absolute atomic E-state index is 11.9. The largest absolute Gasteiger partial charge is 0.405 e. The zero-order valence-electron chi connectivity index (χ0n) is 7.40. The highest BCUT2D eigenvalue weighted by Gasteiger charge is 2.26. The second-order valence-electron chi connectivity index (χ2n) is 2.78. The van der Waals surface area contributed by atoms with E-state index in [4.69, 9.17) is 5.26 Å². The monoisotopic (exact) mass is 278 g/mol. The van der Waals surface area contributed by atoms with Crippen molar-refractivity contribution >= 4 is 21.6 Å². The summed E-state index contributed by atoms with van der Waals surface area (Å²) in [7, 11) is 0. The van der Waals surface area contributed by atoms with Gasteiger partial charge in [0.15, 0.2) is 0 Å².